The molecule has 14 heteroatoms. The van der Waals surface area contributed by atoms with Crippen LogP contribution in [0.25, 0.3) is 0 Å². The summed E-state index contributed by atoms with van der Waals surface area (Å²) in [5, 5.41) is 0. The van der Waals surface area contributed by atoms with E-state index in [-0.39, 0.29) is 143 Å². The van der Waals surface area contributed by atoms with E-state index in [0.29, 0.717) is 0 Å². The molecule has 0 amide bonds. The summed E-state index contributed by atoms with van der Waals surface area (Å²) in [6, 6.07) is 0. The van der Waals surface area contributed by atoms with Gasteiger partial charge in [-0.1, -0.05) is 0 Å². The zero-order chi connectivity index (χ0) is 16.6. The van der Waals surface area contributed by atoms with Crippen molar-refractivity contribution in [1.82, 2.24) is 0 Å². The maximum atomic E-state index is 10.1. The smallest absolute Gasteiger partial charge is 0.321 e. The van der Waals surface area contributed by atoms with E-state index in [9.17, 15) is 19.2 Å². The second-order valence-electron chi connectivity index (χ2n) is 2.90. The predicted molar refractivity (Wildman–Crippen MR) is 88.2 cm³/mol. The van der Waals surface area contributed by atoms with Gasteiger partial charge in [-0.2, -0.15) is 11.8 Å². The summed E-state index contributed by atoms with van der Waals surface area (Å²) < 4.78 is 8.95. The summed E-state index contributed by atoms with van der Waals surface area (Å²) in [5.41, 5.74) is 0. The van der Waals surface area contributed by atoms with Crippen LogP contribution in [0.1, 0.15) is 27.7 Å². The van der Waals surface area contributed by atoms with Crippen molar-refractivity contribution < 1.29 is 38.3 Å². The Hall–Kier alpha value is 1.80. The largest absolute Gasteiger partial charge is 0.462 e. The van der Waals surface area contributed by atoms with Crippen molar-refractivity contribution in [3.8, 4) is 0 Å². The van der Waals surface area contributed by atoms with Gasteiger partial charge in [-0.15, -0.1) is 0 Å². The molecule has 0 bridgehead atoms. The molecule has 0 heterocycles. The van der Waals surface area contributed by atoms with Gasteiger partial charge in [-0.3, -0.25) is 19.2 Å². The second kappa shape index (κ2) is 35.8. The third kappa shape index (κ3) is 75.5. The molecule has 4 N–H and O–H groups in total. The average molecular weight is 388 g/mol. The summed E-state index contributed by atoms with van der Waals surface area (Å²) >= 11 is 0. The molecule has 0 atom stereocenters. The van der Waals surface area contributed by atoms with Crippen LogP contribution in [0, 0.1) is 0 Å². The number of carbonyl (C=O) groups excluding carboxylic acids is 4. The maximum absolute atomic E-state index is 10.1. The zero-order valence-electron chi connectivity index (χ0n) is 15.8. The standard InChI is InChI=1S/C6H10O4.2C2H5NO2.4Na/c1-5(7)9-3-4-10-6(2)8;2*1-2(4)5-3;;;;/h3-4H2,1-2H3;2*3H2,1H3;;;;. The van der Waals surface area contributed by atoms with E-state index >= 15 is 0 Å². The molecule has 0 aromatic heterocycles. The Bertz CT molecular complexity index is 291. The first-order valence-corrected chi connectivity index (χ1v) is 5.18. The number of hydrogen-bond acceptors (Lipinski definition) is 10. The summed E-state index contributed by atoms with van der Waals surface area (Å²) in [7, 11) is 0. The van der Waals surface area contributed by atoms with Crippen molar-refractivity contribution in [1.29, 1.82) is 0 Å². The number of carbonyl (C=O) groups is 4. The van der Waals surface area contributed by atoms with Gasteiger partial charge in [0.15, 0.2) is 0 Å². The van der Waals surface area contributed by atoms with Gasteiger partial charge in [0.1, 0.15) is 13.2 Å². The molecule has 0 unspecified atom stereocenters. The summed E-state index contributed by atoms with van der Waals surface area (Å²) in [6.07, 6.45) is 0. The van der Waals surface area contributed by atoms with E-state index in [1.54, 1.807) is 0 Å². The first-order valence-electron chi connectivity index (χ1n) is 5.18. The second-order valence-corrected chi connectivity index (χ2v) is 2.90. The molecular formula is C10H20N2Na4O8. The van der Waals surface area contributed by atoms with Crippen molar-refractivity contribution in [2.45, 2.75) is 27.7 Å². The van der Waals surface area contributed by atoms with Crippen molar-refractivity contribution in [3.63, 3.8) is 0 Å². The number of hydrogen-bond donors (Lipinski definition) is 2. The van der Waals surface area contributed by atoms with Gasteiger partial charge in [-0.25, -0.2) is 0 Å². The van der Waals surface area contributed by atoms with E-state index < -0.39 is 11.9 Å². The van der Waals surface area contributed by atoms with Crippen LogP contribution in [-0.2, 0) is 38.3 Å². The van der Waals surface area contributed by atoms with Gasteiger partial charge in [0.2, 0.25) is 0 Å². The molecule has 122 valence electrons. The molecule has 0 aliphatic carbocycles. The van der Waals surface area contributed by atoms with Crippen LogP contribution >= 0.6 is 0 Å². The van der Waals surface area contributed by atoms with Crippen LogP contribution in [-0.4, -0.2) is 155 Å². The van der Waals surface area contributed by atoms with Crippen LogP contribution in [0.5, 0.6) is 0 Å². The topological polar surface area (TPSA) is 157 Å². The molecule has 0 spiro atoms. The quantitative estimate of drug-likeness (QED) is 0.228. The molecule has 4 radical (unpaired) electrons. The fourth-order valence-corrected chi connectivity index (χ4v) is 0.371. The molecule has 0 fully saturated rings. The number of rotatable bonds is 3. The van der Waals surface area contributed by atoms with Gasteiger partial charge in [0.05, 0.1) is 0 Å². The molecule has 24 heavy (non-hydrogen) atoms. The Morgan fingerprint density at radius 3 is 0.833 bits per heavy atom. The summed E-state index contributed by atoms with van der Waals surface area (Å²) in [5.74, 6) is 6.97. The minimum atomic E-state index is -0.468. The van der Waals surface area contributed by atoms with Gasteiger partial charge in [0, 0.05) is 146 Å². The third-order valence-corrected chi connectivity index (χ3v) is 1.03. The Morgan fingerprint density at radius 1 is 0.583 bits per heavy atom. The molecule has 0 aliphatic rings. The predicted octanol–water partition coefficient (Wildman–Crippen LogP) is -2.56. The minimum Gasteiger partial charge on any atom is -0.462 e. The number of nitrogens with two attached hydrogens (primary N) is 2. The number of esters is 2. The minimum absolute atomic E-state index is 0. The van der Waals surface area contributed by atoms with E-state index in [2.05, 4.69) is 30.9 Å². The number of ether oxygens (including phenoxy) is 2. The SMILES string of the molecule is CC(=O)OCCOC(C)=O.CC(=O)ON.CC(=O)ON.[Na].[Na].[Na].[Na]. The van der Waals surface area contributed by atoms with Gasteiger partial charge in [-0.05, 0) is 0 Å². The van der Waals surface area contributed by atoms with Crippen molar-refractivity contribution >= 4 is 142 Å². The molecule has 0 aromatic rings. The molecule has 10 nitrogen and oxygen atoms in total. The molecule has 0 saturated heterocycles. The summed E-state index contributed by atoms with van der Waals surface area (Å²) in [4.78, 5) is 46.4. The fraction of sp³-hybridized carbons (Fsp3) is 0.600. The zero-order valence-corrected chi connectivity index (χ0v) is 23.8. The molecule has 0 rings (SSSR count). The van der Waals surface area contributed by atoms with Crippen LogP contribution in [0.2, 0.25) is 0 Å². The fourth-order valence-electron chi connectivity index (χ4n) is 0.371. The molecule has 0 aliphatic heterocycles. The molecular weight excluding hydrogens is 368 g/mol. The van der Waals surface area contributed by atoms with E-state index in [4.69, 9.17) is 0 Å². The third-order valence-electron chi connectivity index (χ3n) is 1.03. The normalized spacial score (nSPS) is 6.42. The first-order chi connectivity index (χ1) is 9.17. The average Bonchev–Trinajstić information content (AvgIpc) is 2.35. The van der Waals surface area contributed by atoms with Crippen molar-refractivity contribution in [2.75, 3.05) is 13.2 Å². The van der Waals surface area contributed by atoms with Gasteiger partial charge < -0.3 is 19.1 Å². The van der Waals surface area contributed by atoms with E-state index in [1.807, 2.05) is 0 Å². The van der Waals surface area contributed by atoms with E-state index in [1.165, 1.54) is 27.7 Å². The molecule has 0 aromatic carbocycles. The van der Waals surface area contributed by atoms with Crippen LogP contribution in [0.4, 0.5) is 0 Å². The molecule has 0 saturated carbocycles. The van der Waals surface area contributed by atoms with Crippen molar-refractivity contribution in [2.24, 2.45) is 11.8 Å². The van der Waals surface area contributed by atoms with Gasteiger partial charge in [0.25, 0.3) is 0 Å². The van der Waals surface area contributed by atoms with Crippen LogP contribution in [0.3, 0.4) is 0 Å². The maximum Gasteiger partial charge on any atom is 0.321 e. The Balaban J connectivity index is -0.0000000362. The summed E-state index contributed by atoms with van der Waals surface area (Å²) in [6.45, 7) is 5.34. The Kier molecular flexibility index (Phi) is 67.0. The van der Waals surface area contributed by atoms with Gasteiger partial charge >= 0.3 is 23.9 Å². The first kappa shape index (κ1) is 44.9. The van der Waals surface area contributed by atoms with Crippen LogP contribution < -0.4 is 11.8 Å². The van der Waals surface area contributed by atoms with Crippen molar-refractivity contribution in [3.05, 3.63) is 0 Å². The Labute approximate surface area is 229 Å². The van der Waals surface area contributed by atoms with Crippen LogP contribution in [0.15, 0.2) is 0 Å². The monoisotopic (exact) mass is 388 g/mol. The van der Waals surface area contributed by atoms with E-state index in [0.717, 1.165) is 0 Å². The Morgan fingerprint density at radius 2 is 0.750 bits per heavy atom.